The Balaban J connectivity index is 1.71. The molecule has 5 rings (SSSR count). The lowest BCUT2D eigenvalue weighted by Crippen LogP contribution is -2.29. The molecule has 0 aromatic heterocycles. The molecule has 1 atom stereocenters. The van der Waals surface area contributed by atoms with Crippen molar-refractivity contribution in [2.24, 2.45) is 0 Å². The first-order valence-electron chi connectivity index (χ1n) is 12.1. The fraction of sp³-hybridized carbons (Fsp3) is 0.207. The van der Waals surface area contributed by atoms with Gasteiger partial charge in [-0.25, -0.2) is 0 Å². The van der Waals surface area contributed by atoms with E-state index in [2.05, 4.69) is 5.32 Å². The third-order valence-corrected chi connectivity index (χ3v) is 6.65. The summed E-state index contributed by atoms with van der Waals surface area (Å²) in [5, 5.41) is 14.3. The van der Waals surface area contributed by atoms with Crippen molar-refractivity contribution in [3.63, 3.8) is 0 Å². The topological polar surface area (TPSA) is 108 Å². The monoisotopic (exact) mass is 513 g/mol. The number of hydrogen-bond acceptors (Lipinski definition) is 7. The Bertz CT molecular complexity index is 1480. The minimum absolute atomic E-state index is 0.0660. The number of anilines is 3. The molecule has 0 aliphatic carbocycles. The van der Waals surface area contributed by atoms with E-state index in [9.17, 15) is 19.5 Å². The molecule has 1 saturated heterocycles. The number of aliphatic hydroxyl groups excluding tert-OH is 1. The zero-order chi connectivity index (χ0) is 27.0. The van der Waals surface area contributed by atoms with Crippen molar-refractivity contribution in [2.45, 2.75) is 13.0 Å². The van der Waals surface area contributed by atoms with Gasteiger partial charge in [-0.3, -0.25) is 19.3 Å². The second-order valence-corrected chi connectivity index (χ2v) is 9.10. The predicted molar refractivity (Wildman–Crippen MR) is 144 cm³/mol. The zero-order valence-corrected chi connectivity index (χ0v) is 21.2. The SMILES string of the molecule is COc1ccccc1C1/C(=C(\O)c2ccc3c(c2)N(C)CCO3)C(=O)C(=O)N1c1cccc(NC(C)=O)c1. The molecule has 0 bridgehead atoms. The summed E-state index contributed by atoms with van der Waals surface area (Å²) in [4.78, 5) is 42.0. The molecule has 3 aromatic rings. The summed E-state index contributed by atoms with van der Waals surface area (Å²) in [6.45, 7) is 2.60. The standard InChI is InChI=1S/C29H27N3O6/c1-17(33)30-19-7-6-8-20(16-19)32-26(21-9-4-5-10-23(21)37-3)25(28(35)29(32)36)27(34)18-11-12-24-22(15-18)31(2)13-14-38-24/h4-12,15-16,26,34H,13-14H2,1-3H3,(H,30,33)/b27-25+. The maximum Gasteiger partial charge on any atom is 0.300 e. The van der Waals surface area contributed by atoms with Crippen LogP contribution in [0.1, 0.15) is 24.1 Å². The van der Waals surface area contributed by atoms with E-state index in [1.54, 1.807) is 66.7 Å². The Hall–Kier alpha value is -4.79. The molecule has 0 spiro atoms. The molecule has 194 valence electrons. The molecule has 2 aliphatic rings. The molecule has 1 fully saturated rings. The zero-order valence-electron chi connectivity index (χ0n) is 21.2. The summed E-state index contributed by atoms with van der Waals surface area (Å²) in [5.74, 6) is -1.08. The Morgan fingerprint density at radius 2 is 1.87 bits per heavy atom. The average Bonchev–Trinajstić information content (AvgIpc) is 3.18. The molecule has 2 amide bonds. The highest BCUT2D eigenvalue weighted by atomic mass is 16.5. The van der Waals surface area contributed by atoms with Crippen LogP contribution in [0.4, 0.5) is 17.1 Å². The van der Waals surface area contributed by atoms with E-state index in [0.29, 0.717) is 47.2 Å². The number of Topliss-reactive ketones (excluding diaryl/α,β-unsaturated/α-hetero) is 1. The lowest BCUT2D eigenvalue weighted by Gasteiger charge is -2.28. The van der Waals surface area contributed by atoms with E-state index in [4.69, 9.17) is 9.47 Å². The first-order valence-corrected chi connectivity index (χ1v) is 12.1. The van der Waals surface area contributed by atoms with Crippen LogP contribution in [0.2, 0.25) is 0 Å². The van der Waals surface area contributed by atoms with Crippen molar-refractivity contribution in [1.29, 1.82) is 0 Å². The smallest absolute Gasteiger partial charge is 0.300 e. The van der Waals surface area contributed by atoms with Crippen LogP contribution in [0, 0.1) is 0 Å². The molecular weight excluding hydrogens is 486 g/mol. The summed E-state index contributed by atoms with van der Waals surface area (Å²) < 4.78 is 11.3. The number of hydrogen-bond donors (Lipinski definition) is 2. The molecule has 2 heterocycles. The van der Waals surface area contributed by atoms with E-state index in [-0.39, 0.29) is 17.2 Å². The molecular formula is C29H27N3O6. The highest BCUT2D eigenvalue weighted by molar-refractivity contribution is 6.51. The van der Waals surface area contributed by atoms with E-state index >= 15 is 0 Å². The Kier molecular flexibility index (Phi) is 6.50. The average molecular weight is 514 g/mol. The number of fused-ring (bicyclic) bond motifs is 1. The normalized spacial score (nSPS) is 18.1. The van der Waals surface area contributed by atoms with Crippen LogP contribution in [-0.2, 0) is 14.4 Å². The van der Waals surface area contributed by atoms with Crippen LogP contribution < -0.4 is 24.6 Å². The largest absolute Gasteiger partial charge is 0.507 e. The highest BCUT2D eigenvalue weighted by Gasteiger charge is 2.48. The minimum atomic E-state index is -0.983. The predicted octanol–water partition coefficient (Wildman–Crippen LogP) is 4.11. The van der Waals surface area contributed by atoms with Crippen LogP contribution >= 0.6 is 0 Å². The number of para-hydroxylation sites is 1. The summed E-state index contributed by atoms with van der Waals surface area (Å²) in [5.41, 5.74) is 2.46. The van der Waals surface area contributed by atoms with Gasteiger partial charge < -0.3 is 24.8 Å². The van der Waals surface area contributed by atoms with Crippen LogP contribution in [-0.4, -0.2) is 50.0 Å². The molecule has 38 heavy (non-hydrogen) atoms. The van der Waals surface area contributed by atoms with Gasteiger partial charge in [0.05, 0.1) is 31.0 Å². The summed E-state index contributed by atoms with van der Waals surface area (Å²) >= 11 is 0. The first kappa shape index (κ1) is 24.9. The molecule has 0 radical (unpaired) electrons. The maximum atomic E-state index is 13.5. The number of methoxy groups -OCH3 is 1. The van der Waals surface area contributed by atoms with Gasteiger partial charge in [0.2, 0.25) is 5.91 Å². The van der Waals surface area contributed by atoms with Crippen LogP contribution in [0.3, 0.4) is 0 Å². The third-order valence-electron chi connectivity index (χ3n) is 6.65. The van der Waals surface area contributed by atoms with Gasteiger partial charge in [-0.2, -0.15) is 0 Å². The number of amides is 2. The second kappa shape index (κ2) is 9.93. The second-order valence-electron chi connectivity index (χ2n) is 9.10. The molecule has 9 heteroatoms. The maximum absolute atomic E-state index is 13.5. The van der Waals surface area contributed by atoms with Gasteiger partial charge in [0.15, 0.2) is 0 Å². The number of aliphatic hydroxyl groups is 1. The van der Waals surface area contributed by atoms with E-state index in [0.717, 1.165) is 5.69 Å². The van der Waals surface area contributed by atoms with Crippen molar-refractivity contribution in [1.82, 2.24) is 0 Å². The van der Waals surface area contributed by atoms with Crippen LogP contribution in [0.25, 0.3) is 5.76 Å². The van der Waals surface area contributed by atoms with Crippen LogP contribution in [0.5, 0.6) is 11.5 Å². The molecule has 3 aromatic carbocycles. The molecule has 2 aliphatic heterocycles. The third kappa shape index (κ3) is 4.32. The fourth-order valence-corrected chi connectivity index (χ4v) is 4.88. The molecule has 9 nitrogen and oxygen atoms in total. The van der Waals surface area contributed by atoms with Gasteiger partial charge in [-0.15, -0.1) is 0 Å². The van der Waals surface area contributed by atoms with Crippen LogP contribution in [0.15, 0.2) is 72.3 Å². The van der Waals surface area contributed by atoms with Gasteiger partial charge in [0.1, 0.15) is 23.9 Å². The summed E-state index contributed by atoms with van der Waals surface area (Å²) in [6, 6.07) is 17.9. The van der Waals surface area contributed by atoms with Crippen molar-refractivity contribution in [3.05, 3.63) is 83.4 Å². The highest BCUT2D eigenvalue weighted by Crippen LogP contribution is 2.46. The lowest BCUT2D eigenvalue weighted by atomic mass is 9.94. The summed E-state index contributed by atoms with van der Waals surface area (Å²) in [7, 11) is 3.42. The van der Waals surface area contributed by atoms with Gasteiger partial charge in [-0.05, 0) is 42.5 Å². The van der Waals surface area contributed by atoms with E-state index in [1.807, 2.05) is 11.9 Å². The number of nitrogens with zero attached hydrogens (tertiary/aromatic N) is 2. The fourth-order valence-electron chi connectivity index (χ4n) is 4.88. The Morgan fingerprint density at radius 1 is 1.08 bits per heavy atom. The number of likely N-dealkylation sites (N-methyl/N-ethyl adjacent to an activating group) is 1. The number of rotatable bonds is 5. The molecule has 1 unspecified atom stereocenters. The van der Waals surface area contributed by atoms with Gasteiger partial charge >= 0.3 is 0 Å². The van der Waals surface area contributed by atoms with Gasteiger partial charge in [0, 0.05) is 36.5 Å². The molecule has 0 saturated carbocycles. The minimum Gasteiger partial charge on any atom is -0.507 e. The first-order chi connectivity index (χ1) is 18.3. The Morgan fingerprint density at radius 3 is 2.63 bits per heavy atom. The number of benzene rings is 3. The number of carbonyl (C=O) groups is 3. The van der Waals surface area contributed by atoms with Crippen molar-refractivity contribution < 1.29 is 29.0 Å². The van der Waals surface area contributed by atoms with Gasteiger partial charge in [0.25, 0.3) is 11.7 Å². The van der Waals surface area contributed by atoms with E-state index < -0.39 is 17.7 Å². The quantitative estimate of drug-likeness (QED) is 0.300. The number of nitrogens with one attached hydrogen (secondary N) is 1. The van der Waals surface area contributed by atoms with Crippen molar-refractivity contribution >= 4 is 40.4 Å². The summed E-state index contributed by atoms with van der Waals surface area (Å²) in [6.07, 6.45) is 0. The van der Waals surface area contributed by atoms with Crippen molar-refractivity contribution in [2.75, 3.05) is 42.4 Å². The number of ketones is 1. The van der Waals surface area contributed by atoms with E-state index in [1.165, 1.54) is 18.9 Å². The number of carbonyl (C=O) groups excluding carboxylic acids is 3. The number of ether oxygens (including phenoxy) is 2. The Labute approximate surface area is 219 Å². The van der Waals surface area contributed by atoms with Gasteiger partial charge in [-0.1, -0.05) is 24.3 Å². The van der Waals surface area contributed by atoms with Crippen molar-refractivity contribution in [3.8, 4) is 11.5 Å². The molecule has 2 N–H and O–H groups in total. The lowest BCUT2D eigenvalue weighted by molar-refractivity contribution is -0.132.